The van der Waals surface area contributed by atoms with Gasteiger partial charge in [-0.25, -0.2) is 0 Å². The monoisotopic (exact) mass is 410 g/mol. The Kier molecular flexibility index (Phi) is 7.00. The van der Waals surface area contributed by atoms with E-state index in [2.05, 4.69) is 4.98 Å². The summed E-state index contributed by atoms with van der Waals surface area (Å²) in [5.74, 6) is 1.54. The van der Waals surface area contributed by atoms with Gasteiger partial charge in [-0.05, 0) is 24.4 Å². The number of hydrogen-bond donors (Lipinski definition) is 1. The first-order chi connectivity index (χ1) is 13.1. The Morgan fingerprint density at radius 2 is 2.19 bits per heavy atom. The summed E-state index contributed by atoms with van der Waals surface area (Å²) in [6.07, 6.45) is 3.48. The maximum atomic E-state index is 11.9. The van der Waals surface area contributed by atoms with Crippen molar-refractivity contribution in [2.75, 3.05) is 39.7 Å². The van der Waals surface area contributed by atoms with Crippen LogP contribution in [0.5, 0.6) is 0 Å². The maximum absolute atomic E-state index is 11.9. The third kappa shape index (κ3) is 4.75. The Hall–Kier alpha value is -1.75. The summed E-state index contributed by atoms with van der Waals surface area (Å²) in [5, 5.41) is 4.63. The standard InChI is InChI=1S/C17H23N5O3S2/c1-24-9-7-21-15(13-3-5-18-6-4-13)19-22(17(21)26)12-20-8-10-27-14(11-20)16(23)25-2/h3-6,14H,7-12H2,1-2H3/p+1/t14-/m1/s1. The molecule has 2 aromatic heterocycles. The van der Waals surface area contributed by atoms with Crippen molar-refractivity contribution in [2.45, 2.75) is 18.5 Å². The number of nitrogens with zero attached hydrogens (tertiary/aromatic N) is 4. The molecular formula is C17H24N5O3S2+. The lowest BCUT2D eigenvalue weighted by Crippen LogP contribution is -3.14. The third-order valence-corrected chi connectivity index (χ3v) is 6.10. The van der Waals surface area contributed by atoms with Gasteiger partial charge in [0.2, 0.25) is 4.77 Å². The lowest BCUT2D eigenvalue weighted by molar-refractivity contribution is -0.921. The molecule has 1 N–H and O–H groups in total. The fourth-order valence-electron chi connectivity index (χ4n) is 3.05. The van der Waals surface area contributed by atoms with Gasteiger partial charge in [-0.15, -0.1) is 16.9 Å². The van der Waals surface area contributed by atoms with Crippen LogP contribution in [0.2, 0.25) is 0 Å². The molecule has 3 rings (SSSR count). The van der Waals surface area contributed by atoms with Crippen molar-refractivity contribution in [1.29, 1.82) is 0 Å². The first-order valence-electron chi connectivity index (χ1n) is 8.74. The molecule has 1 unspecified atom stereocenters. The third-order valence-electron chi connectivity index (χ3n) is 4.47. The number of quaternary nitrogens is 1. The molecule has 0 spiro atoms. The number of hydrogen-bond acceptors (Lipinski definition) is 7. The van der Waals surface area contributed by atoms with Gasteiger partial charge in [-0.3, -0.25) is 14.3 Å². The SMILES string of the molecule is COCCn1c(-c2ccncc2)nn(C[NH+]2CCS[C@@H](C(=O)OC)C2)c1=S. The largest absolute Gasteiger partial charge is 0.468 e. The molecule has 146 valence electrons. The quantitative estimate of drug-likeness (QED) is 0.518. The zero-order chi connectivity index (χ0) is 19.2. The molecule has 3 heterocycles. The molecule has 10 heteroatoms. The van der Waals surface area contributed by atoms with Crippen LogP contribution >= 0.6 is 24.0 Å². The van der Waals surface area contributed by atoms with Gasteiger partial charge in [0.1, 0.15) is 6.54 Å². The Morgan fingerprint density at radius 3 is 2.89 bits per heavy atom. The molecule has 0 aromatic carbocycles. The highest BCUT2D eigenvalue weighted by Gasteiger charge is 2.30. The molecule has 8 nitrogen and oxygen atoms in total. The number of methoxy groups -OCH3 is 2. The zero-order valence-corrected chi connectivity index (χ0v) is 17.1. The summed E-state index contributed by atoms with van der Waals surface area (Å²) >= 11 is 7.33. The molecule has 2 aromatic rings. The van der Waals surface area contributed by atoms with E-state index in [0.29, 0.717) is 31.1 Å². The molecule has 2 atom stereocenters. The van der Waals surface area contributed by atoms with Crippen molar-refractivity contribution in [1.82, 2.24) is 19.3 Å². The number of aromatic nitrogens is 4. The summed E-state index contributed by atoms with van der Waals surface area (Å²) in [6, 6.07) is 3.84. The van der Waals surface area contributed by atoms with Gasteiger partial charge in [-0.2, -0.15) is 4.68 Å². The lowest BCUT2D eigenvalue weighted by atomic mass is 10.2. The van der Waals surface area contributed by atoms with E-state index in [-0.39, 0.29) is 11.2 Å². The molecule has 0 bridgehead atoms. The van der Waals surface area contributed by atoms with Crippen LogP contribution in [-0.4, -0.2) is 70.2 Å². The Labute approximate surface area is 167 Å². The topological polar surface area (TPSA) is 75.6 Å². The van der Waals surface area contributed by atoms with Crippen molar-refractivity contribution >= 4 is 29.9 Å². The average molecular weight is 411 g/mol. The van der Waals surface area contributed by atoms with Crippen LogP contribution in [0.3, 0.4) is 0 Å². The van der Waals surface area contributed by atoms with E-state index in [0.717, 1.165) is 23.7 Å². The number of carbonyl (C=O) groups excluding carboxylic acids is 1. The molecule has 27 heavy (non-hydrogen) atoms. The zero-order valence-electron chi connectivity index (χ0n) is 15.5. The fourth-order valence-corrected chi connectivity index (χ4v) is 4.61. The summed E-state index contributed by atoms with van der Waals surface area (Å²) in [5.41, 5.74) is 0.961. The van der Waals surface area contributed by atoms with Gasteiger partial charge >= 0.3 is 5.97 Å². The highest BCUT2D eigenvalue weighted by Crippen LogP contribution is 2.17. The van der Waals surface area contributed by atoms with Gasteiger partial charge in [0.05, 0.1) is 26.8 Å². The first kappa shape index (κ1) is 20.0. The van der Waals surface area contributed by atoms with E-state index in [4.69, 9.17) is 26.8 Å². The highest BCUT2D eigenvalue weighted by molar-refractivity contribution is 8.00. The molecular weight excluding hydrogens is 386 g/mol. The minimum atomic E-state index is -0.163. The second-order valence-electron chi connectivity index (χ2n) is 6.23. The fraction of sp³-hybridized carbons (Fsp3) is 0.529. The predicted molar refractivity (Wildman–Crippen MR) is 105 cm³/mol. The van der Waals surface area contributed by atoms with Gasteiger partial charge in [0.25, 0.3) is 0 Å². The average Bonchev–Trinajstić information content (AvgIpc) is 3.02. The minimum Gasteiger partial charge on any atom is -0.468 e. The van der Waals surface area contributed by atoms with Crippen molar-refractivity contribution < 1.29 is 19.2 Å². The number of rotatable bonds is 7. The lowest BCUT2D eigenvalue weighted by Gasteiger charge is -2.27. The molecule has 1 saturated heterocycles. The van der Waals surface area contributed by atoms with E-state index >= 15 is 0 Å². The van der Waals surface area contributed by atoms with Crippen molar-refractivity contribution in [3.05, 3.63) is 29.3 Å². The highest BCUT2D eigenvalue weighted by atomic mass is 32.2. The molecule has 0 aliphatic carbocycles. The van der Waals surface area contributed by atoms with Crippen LogP contribution in [0.15, 0.2) is 24.5 Å². The second-order valence-corrected chi connectivity index (χ2v) is 7.91. The van der Waals surface area contributed by atoms with Gasteiger partial charge < -0.3 is 14.4 Å². The van der Waals surface area contributed by atoms with Crippen molar-refractivity contribution in [3.8, 4) is 11.4 Å². The van der Waals surface area contributed by atoms with Crippen molar-refractivity contribution in [3.63, 3.8) is 0 Å². The predicted octanol–water partition coefficient (Wildman–Crippen LogP) is 0.253. The van der Waals surface area contributed by atoms with Crippen molar-refractivity contribution in [2.24, 2.45) is 0 Å². The van der Waals surface area contributed by atoms with Crippen LogP contribution in [0, 0.1) is 4.77 Å². The maximum Gasteiger partial charge on any atom is 0.324 e. The summed E-state index contributed by atoms with van der Waals surface area (Å²) < 4.78 is 14.6. The molecule has 1 aliphatic heterocycles. The number of thioether (sulfide) groups is 1. The van der Waals surface area contributed by atoms with Crippen LogP contribution < -0.4 is 4.90 Å². The van der Waals surface area contributed by atoms with Gasteiger partial charge in [0.15, 0.2) is 17.7 Å². The van der Waals surface area contributed by atoms with Crippen LogP contribution in [0.4, 0.5) is 0 Å². The minimum absolute atomic E-state index is 0.136. The number of pyridine rings is 1. The van der Waals surface area contributed by atoms with Crippen LogP contribution in [-0.2, 0) is 27.5 Å². The molecule has 0 radical (unpaired) electrons. The van der Waals surface area contributed by atoms with E-state index in [9.17, 15) is 4.79 Å². The van der Waals surface area contributed by atoms with Gasteiger partial charge in [0, 0.05) is 30.8 Å². The smallest absolute Gasteiger partial charge is 0.324 e. The Morgan fingerprint density at radius 1 is 1.41 bits per heavy atom. The Bertz CT molecular complexity index is 824. The van der Waals surface area contributed by atoms with E-state index < -0.39 is 0 Å². The second kappa shape index (κ2) is 9.45. The molecule has 0 amide bonds. The van der Waals surface area contributed by atoms with Crippen LogP contribution in [0.25, 0.3) is 11.4 Å². The molecule has 1 aliphatic rings. The van der Waals surface area contributed by atoms with Crippen LogP contribution in [0.1, 0.15) is 0 Å². The number of ether oxygens (including phenoxy) is 2. The number of esters is 1. The summed E-state index contributed by atoms with van der Waals surface area (Å²) in [7, 11) is 3.11. The molecule has 1 fully saturated rings. The van der Waals surface area contributed by atoms with Gasteiger partial charge in [-0.1, -0.05) is 0 Å². The normalized spacial score (nSPS) is 19.8. The van der Waals surface area contributed by atoms with E-state index in [1.807, 2.05) is 21.4 Å². The summed E-state index contributed by atoms with van der Waals surface area (Å²) in [6.45, 7) is 3.45. The van der Waals surface area contributed by atoms with E-state index in [1.54, 1.807) is 31.3 Å². The molecule has 0 saturated carbocycles. The van der Waals surface area contributed by atoms with E-state index in [1.165, 1.54) is 12.0 Å². The number of carbonyl (C=O) groups is 1. The number of nitrogens with one attached hydrogen (secondary N) is 1. The Balaban J connectivity index is 1.84. The first-order valence-corrected chi connectivity index (χ1v) is 10.2. The summed E-state index contributed by atoms with van der Waals surface area (Å²) in [4.78, 5) is 17.2.